The van der Waals surface area contributed by atoms with Crippen LogP contribution in [0.4, 0.5) is 5.69 Å². The third kappa shape index (κ3) is 3.02. The summed E-state index contributed by atoms with van der Waals surface area (Å²) in [6.07, 6.45) is 3.75. The summed E-state index contributed by atoms with van der Waals surface area (Å²) in [5.41, 5.74) is 2.04. The average molecular weight is 360 g/mol. The molecule has 0 atom stereocenters. The van der Waals surface area contributed by atoms with Crippen molar-refractivity contribution in [3.8, 4) is 0 Å². The molecule has 0 saturated carbocycles. The van der Waals surface area contributed by atoms with Gasteiger partial charge in [0.1, 0.15) is 12.3 Å². The number of fused-ring (bicyclic) bond motifs is 1. The molecule has 0 radical (unpaired) electrons. The smallest absolute Gasteiger partial charge is 0.276 e. The van der Waals surface area contributed by atoms with Crippen LogP contribution in [0.5, 0.6) is 0 Å². The molecule has 1 aliphatic carbocycles. The molecule has 0 bridgehead atoms. The van der Waals surface area contributed by atoms with Gasteiger partial charge in [-0.2, -0.15) is 0 Å². The number of hydrogen-bond donors (Lipinski definition) is 0. The molecule has 1 aromatic carbocycles. The van der Waals surface area contributed by atoms with Gasteiger partial charge >= 0.3 is 0 Å². The zero-order chi connectivity index (χ0) is 17.4. The van der Waals surface area contributed by atoms with Crippen molar-refractivity contribution in [1.82, 2.24) is 10.1 Å². The Balaban J connectivity index is 1.50. The Kier molecular flexibility index (Phi) is 4.21. The summed E-state index contributed by atoms with van der Waals surface area (Å²) in [6, 6.07) is 7.17. The minimum atomic E-state index is -0.217. The molecule has 4 rings (SSSR count). The molecule has 2 amide bonds. The second kappa shape index (κ2) is 6.52. The molecule has 1 saturated heterocycles. The van der Waals surface area contributed by atoms with E-state index in [9.17, 15) is 9.59 Å². The number of carbonyl (C=O) groups is 2. The predicted octanol–water partition coefficient (Wildman–Crippen LogP) is 2.70. The van der Waals surface area contributed by atoms with E-state index < -0.39 is 0 Å². The highest BCUT2D eigenvalue weighted by Crippen LogP contribution is 2.26. The number of aromatic nitrogens is 1. The van der Waals surface area contributed by atoms with Gasteiger partial charge in [-0.1, -0.05) is 22.8 Å². The minimum absolute atomic E-state index is 0.0347. The molecule has 0 N–H and O–H groups in total. The molecular formula is C18H18ClN3O3. The van der Waals surface area contributed by atoms with Crippen molar-refractivity contribution < 1.29 is 14.1 Å². The summed E-state index contributed by atoms with van der Waals surface area (Å²) in [7, 11) is 0. The normalized spacial score (nSPS) is 17.6. The van der Waals surface area contributed by atoms with Crippen LogP contribution in [0, 0.1) is 0 Å². The zero-order valence-corrected chi connectivity index (χ0v) is 14.5. The first-order valence-electron chi connectivity index (χ1n) is 8.46. The summed E-state index contributed by atoms with van der Waals surface area (Å²) >= 11 is 6.00. The molecule has 130 valence electrons. The van der Waals surface area contributed by atoms with Crippen molar-refractivity contribution in [2.75, 3.05) is 24.5 Å². The maximum atomic E-state index is 12.8. The monoisotopic (exact) mass is 359 g/mol. The van der Waals surface area contributed by atoms with Crippen LogP contribution in [0.2, 0.25) is 5.02 Å². The van der Waals surface area contributed by atoms with Crippen molar-refractivity contribution in [3.63, 3.8) is 0 Å². The van der Waals surface area contributed by atoms with E-state index in [1.807, 2.05) is 12.1 Å². The van der Waals surface area contributed by atoms with Crippen LogP contribution in [-0.2, 0) is 17.6 Å². The van der Waals surface area contributed by atoms with Gasteiger partial charge in [0.05, 0.1) is 0 Å². The van der Waals surface area contributed by atoms with Crippen LogP contribution in [0.3, 0.4) is 0 Å². The Labute approximate surface area is 150 Å². The number of amides is 2. The van der Waals surface area contributed by atoms with E-state index in [0.717, 1.165) is 42.7 Å². The fourth-order valence-electron chi connectivity index (χ4n) is 3.47. The summed E-state index contributed by atoms with van der Waals surface area (Å²) in [6.45, 7) is 0.927. The molecule has 2 aliphatic rings. The Hall–Kier alpha value is -2.34. The van der Waals surface area contributed by atoms with E-state index in [4.69, 9.17) is 16.1 Å². The van der Waals surface area contributed by atoms with Gasteiger partial charge < -0.3 is 14.3 Å². The summed E-state index contributed by atoms with van der Waals surface area (Å²) < 4.78 is 5.32. The molecule has 0 unspecified atom stereocenters. The predicted molar refractivity (Wildman–Crippen MR) is 92.9 cm³/mol. The van der Waals surface area contributed by atoms with E-state index in [0.29, 0.717) is 23.8 Å². The van der Waals surface area contributed by atoms with Gasteiger partial charge in [0.2, 0.25) is 5.91 Å². The van der Waals surface area contributed by atoms with Crippen molar-refractivity contribution in [2.24, 2.45) is 0 Å². The number of benzene rings is 1. The van der Waals surface area contributed by atoms with Gasteiger partial charge in [0.15, 0.2) is 5.69 Å². The Bertz CT molecular complexity index is 833. The Morgan fingerprint density at radius 3 is 2.84 bits per heavy atom. The van der Waals surface area contributed by atoms with Crippen LogP contribution in [-0.4, -0.2) is 41.5 Å². The third-order valence-corrected chi connectivity index (χ3v) is 5.02. The summed E-state index contributed by atoms with van der Waals surface area (Å²) in [5.74, 6) is 0.476. The topological polar surface area (TPSA) is 66.7 Å². The molecule has 7 heteroatoms. The maximum absolute atomic E-state index is 12.8. The molecule has 2 heterocycles. The number of halogens is 1. The highest BCUT2D eigenvalue weighted by Gasteiger charge is 2.32. The third-order valence-electron chi connectivity index (χ3n) is 4.78. The molecule has 1 fully saturated rings. The van der Waals surface area contributed by atoms with Gasteiger partial charge in [-0.25, -0.2) is 0 Å². The number of carbonyl (C=O) groups excluding carboxylic acids is 2. The number of hydrogen-bond acceptors (Lipinski definition) is 4. The quantitative estimate of drug-likeness (QED) is 0.826. The van der Waals surface area contributed by atoms with Crippen LogP contribution in [0.1, 0.15) is 34.7 Å². The first-order chi connectivity index (χ1) is 12.1. The molecule has 25 heavy (non-hydrogen) atoms. The van der Waals surface area contributed by atoms with Crippen molar-refractivity contribution in [1.29, 1.82) is 0 Å². The van der Waals surface area contributed by atoms with E-state index in [1.165, 1.54) is 0 Å². The molecule has 1 aliphatic heterocycles. The van der Waals surface area contributed by atoms with Crippen molar-refractivity contribution in [2.45, 2.75) is 25.7 Å². The van der Waals surface area contributed by atoms with Crippen molar-refractivity contribution >= 4 is 29.1 Å². The first-order valence-corrected chi connectivity index (χ1v) is 8.84. The molecule has 2 aromatic rings. The van der Waals surface area contributed by atoms with E-state index in [-0.39, 0.29) is 18.4 Å². The van der Waals surface area contributed by atoms with Crippen LogP contribution >= 0.6 is 11.6 Å². The van der Waals surface area contributed by atoms with Gasteiger partial charge in [-0.3, -0.25) is 9.59 Å². The maximum Gasteiger partial charge on any atom is 0.276 e. The standard InChI is InChI=1S/C18H18ClN3O3/c19-12-4-3-5-13(10-12)22-9-8-21(11-16(22)23)18(24)17-14-6-1-2-7-15(14)25-20-17/h3-5,10H,1-2,6-9,11H2. The van der Waals surface area contributed by atoms with Crippen molar-refractivity contribution in [3.05, 3.63) is 46.3 Å². The zero-order valence-electron chi connectivity index (χ0n) is 13.7. The van der Waals surface area contributed by atoms with Crippen LogP contribution in [0.15, 0.2) is 28.8 Å². The summed E-state index contributed by atoms with van der Waals surface area (Å²) in [5, 5.41) is 4.56. The Morgan fingerprint density at radius 1 is 1.20 bits per heavy atom. The number of aryl methyl sites for hydroxylation is 1. The second-order valence-corrected chi connectivity index (χ2v) is 6.83. The number of rotatable bonds is 2. The van der Waals surface area contributed by atoms with Crippen LogP contribution < -0.4 is 4.90 Å². The lowest BCUT2D eigenvalue weighted by Gasteiger charge is -2.34. The van der Waals surface area contributed by atoms with Gasteiger partial charge in [0, 0.05) is 35.8 Å². The van der Waals surface area contributed by atoms with Gasteiger partial charge in [0.25, 0.3) is 5.91 Å². The highest BCUT2D eigenvalue weighted by molar-refractivity contribution is 6.30. The lowest BCUT2D eigenvalue weighted by molar-refractivity contribution is -0.120. The van der Waals surface area contributed by atoms with Gasteiger partial charge in [-0.05, 0) is 37.5 Å². The fraction of sp³-hybridized carbons (Fsp3) is 0.389. The largest absolute Gasteiger partial charge is 0.360 e. The Morgan fingerprint density at radius 2 is 2.04 bits per heavy atom. The summed E-state index contributed by atoms with van der Waals surface area (Å²) in [4.78, 5) is 28.5. The fourth-order valence-corrected chi connectivity index (χ4v) is 3.65. The molecule has 1 aromatic heterocycles. The minimum Gasteiger partial charge on any atom is -0.360 e. The lowest BCUT2D eigenvalue weighted by Crippen LogP contribution is -2.52. The second-order valence-electron chi connectivity index (χ2n) is 6.39. The van der Waals surface area contributed by atoms with E-state index in [2.05, 4.69) is 5.16 Å². The van der Waals surface area contributed by atoms with Gasteiger partial charge in [-0.15, -0.1) is 0 Å². The number of piperazine rings is 1. The van der Waals surface area contributed by atoms with E-state index >= 15 is 0 Å². The molecule has 0 spiro atoms. The first kappa shape index (κ1) is 16.1. The molecule has 6 nitrogen and oxygen atoms in total. The highest BCUT2D eigenvalue weighted by atomic mass is 35.5. The number of anilines is 1. The SMILES string of the molecule is O=C(c1noc2c1CCCC2)N1CCN(c2cccc(Cl)c2)C(=O)C1. The number of nitrogens with zero attached hydrogens (tertiary/aromatic N) is 3. The lowest BCUT2D eigenvalue weighted by atomic mass is 9.96. The molecular weight excluding hydrogens is 342 g/mol. The van der Waals surface area contributed by atoms with Crippen LogP contribution in [0.25, 0.3) is 0 Å². The van der Waals surface area contributed by atoms with E-state index in [1.54, 1.807) is 21.9 Å². The average Bonchev–Trinajstić information content (AvgIpc) is 3.05.